The Balaban J connectivity index is 1.95. The third-order valence-corrected chi connectivity index (χ3v) is 4.32. The van der Waals surface area contributed by atoms with Crippen LogP contribution >= 0.6 is 0 Å². The van der Waals surface area contributed by atoms with Crippen molar-refractivity contribution in [3.63, 3.8) is 0 Å². The van der Waals surface area contributed by atoms with Gasteiger partial charge in [-0.1, -0.05) is 0 Å². The van der Waals surface area contributed by atoms with Crippen molar-refractivity contribution in [3.05, 3.63) is 48.5 Å². The molecule has 2 rings (SSSR count). The maximum atomic E-state index is 12.2. The van der Waals surface area contributed by atoms with Gasteiger partial charge in [0.1, 0.15) is 11.8 Å². The van der Waals surface area contributed by atoms with Crippen LogP contribution in [0.15, 0.2) is 53.4 Å². The van der Waals surface area contributed by atoms with E-state index >= 15 is 0 Å². The minimum Gasteiger partial charge on any atom is -0.494 e. The molecule has 0 saturated heterocycles. The van der Waals surface area contributed by atoms with Crippen LogP contribution in [0, 0.1) is 0 Å². The molecule has 0 aliphatic rings. The summed E-state index contributed by atoms with van der Waals surface area (Å²) in [5.41, 5.74) is 1.27. The quantitative estimate of drug-likeness (QED) is 0.698. The van der Waals surface area contributed by atoms with Gasteiger partial charge >= 0.3 is 0 Å². The molecule has 4 N–H and O–H groups in total. The van der Waals surface area contributed by atoms with Crippen LogP contribution < -0.4 is 20.5 Å². The number of benzene rings is 2. The molecule has 0 spiro atoms. The monoisotopic (exact) mass is 363 g/mol. The molecule has 0 radical (unpaired) electrons. The van der Waals surface area contributed by atoms with Crippen LogP contribution in [0.25, 0.3) is 0 Å². The number of rotatable bonds is 7. The highest BCUT2D eigenvalue weighted by Crippen LogP contribution is 2.17. The second-order valence-electron chi connectivity index (χ2n) is 5.38. The summed E-state index contributed by atoms with van der Waals surface area (Å²) >= 11 is 0. The number of sulfonamides is 1. The van der Waals surface area contributed by atoms with Crippen molar-refractivity contribution in [2.45, 2.75) is 24.8 Å². The summed E-state index contributed by atoms with van der Waals surface area (Å²) in [5, 5.41) is 10.8. The second kappa shape index (κ2) is 8.00. The molecule has 2 aromatic rings. The molecular weight excluding hydrogens is 342 g/mol. The van der Waals surface area contributed by atoms with Crippen LogP contribution in [0.2, 0.25) is 0 Å². The Kier molecular flexibility index (Phi) is 6.00. The van der Waals surface area contributed by atoms with Gasteiger partial charge in [-0.25, -0.2) is 13.6 Å². The lowest BCUT2D eigenvalue weighted by Gasteiger charge is -2.16. The number of ether oxygens (including phenoxy) is 1. The Morgan fingerprint density at radius 3 is 2.16 bits per heavy atom. The number of hydrogen-bond donors (Lipinski definition) is 3. The van der Waals surface area contributed by atoms with E-state index in [1.807, 2.05) is 31.2 Å². The Morgan fingerprint density at radius 2 is 1.64 bits per heavy atom. The first-order valence-corrected chi connectivity index (χ1v) is 9.27. The van der Waals surface area contributed by atoms with E-state index in [4.69, 9.17) is 9.88 Å². The molecule has 134 valence electrons. The van der Waals surface area contributed by atoms with E-state index in [2.05, 4.69) is 10.6 Å². The fourth-order valence-electron chi connectivity index (χ4n) is 2.11. The minimum atomic E-state index is -3.75. The predicted octanol–water partition coefficient (Wildman–Crippen LogP) is 2.17. The Morgan fingerprint density at radius 1 is 1.08 bits per heavy atom. The van der Waals surface area contributed by atoms with Crippen LogP contribution in [-0.4, -0.2) is 27.0 Å². The second-order valence-corrected chi connectivity index (χ2v) is 6.94. The minimum absolute atomic E-state index is 0.00828. The summed E-state index contributed by atoms with van der Waals surface area (Å²) < 4.78 is 27.8. The van der Waals surface area contributed by atoms with Gasteiger partial charge in [-0.2, -0.15) is 0 Å². The van der Waals surface area contributed by atoms with Crippen LogP contribution in [0.5, 0.6) is 5.75 Å². The van der Waals surface area contributed by atoms with Crippen LogP contribution in [0.4, 0.5) is 11.4 Å². The van der Waals surface area contributed by atoms with E-state index in [1.54, 1.807) is 6.92 Å². The summed E-state index contributed by atoms with van der Waals surface area (Å²) in [5.74, 6) is 0.511. The summed E-state index contributed by atoms with van der Waals surface area (Å²) in [6, 6.07) is 12.5. The Hall–Kier alpha value is -2.58. The smallest absolute Gasteiger partial charge is 0.246 e. The van der Waals surface area contributed by atoms with Crippen LogP contribution in [0.3, 0.4) is 0 Å². The first-order chi connectivity index (χ1) is 11.8. The summed E-state index contributed by atoms with van der Waals surface area (Å²) in [6.07, 6.45) is 0. The van der Waals surface area contributed by atoms with Gasteiger partial charge in [0.15, 0.2) is 0 Å². The third-order valence-electron chi connectivity index (χ3n) is 3.39. The van der Waals surface area contributed by atoms with E-state index < -0.39 is 16.1 Å². The van der Waals surface area contributed by atoms with E-state index in [0.29, 0.717) is 12.3 Å². The van der Waals surface area contributed by atoms with Gasteiger partial charge in [-0.05, 0) is 62.4 Å². The molecule has 1 amide bonds. The highest BCUT2D eigenvalue weighted by molar-refractivity contribution is 7.89. The average Bonchev–Trinajstić information content (AvgIpc) is 2.56. The molecule has 2 aromatic carbocycles. The van der Waals surface area contributed by atoms with Gasteiger partial charge in [0.2, 0.25) is 15.9 Å². The predicted molar refractivity (Wildman–Crippen MR) is 97.1 cm³/mol. The zero-order valence-corrected chi connectivity index (χ0v) is 14.8. The number of carbonyl (C=O) groups excluding carboxylic acids is 1. The SMILES string of the molecule is CCOc1ccc(N[C@@H](C)C(=O)Nc2ccc(S(N)(=O)=O)cc2)cc1. The van der Waals surface area contributed by atoms with E-state index in [9.17, 15) is 13.2 Å². The largest absolute Gasteiger partial charge is 0.494 e. The zero-order valence-electron chi connectivity index (χ0n) is 14.0. The van der Waals surface area contributed by atoms with Crippen molar-refractivity contribution in [3.8, 4) is 5.75 Å². The molecular formula is C17H21N3O4S. The van der Waals surface area contributed by atoms with E-state index in [0.717, 1.165) is 11.4 Å². The summed E-state index contributed by atoms with van der Waals surface area (Å²) in [6.45, 7) is 4.23. The van der Waals surface area contributed by atoms with Gasteiger partial charge in [-0.15, -0.1) is 0 Å². The van der Waals surface area contributed by atoms with Gasteiger partial charge < -0.3 is 15.4 Å². The van der Waals surface area contributed by atoms with Gasteiger partial charge in [0.25, 0.3) is 0 Å². The van der Waals surface area contributed by atoms with E-state index in [-0.39, 0.29) is 10.8 Å². The van der Waals surface area contributed by atoms with E-state index in [1.165, 1.54) is 24.3 Å². The lowest BCUT2D eigenvalue weighted by atomic mass is 10.2. The number of carbonyl (C=O) groups is 1. The van der Waals surface area contributed by atoms with Crippen molar-refractivity contribution in [2.75, 3.05) is 17.2 Å². The first-order valence-electron chi connectivity index (χ1n) is 7.72. The van der Waals surface area contributed by atoms with Crippen LogP contribution in [0.1, 0.15) is 13.8 Å². The zero-order chi connectivity index (χ0) is 18.4. The van der Waals surface area contributed by atoms with Crippen molar-refractivity contribution in [2.24, 2.45) is 5.14 Å². The Bertz CT molecular complexity index is 818. The lowest BCUT2D eigenvalue weighted by Crippen LogP contribution is -2.31. The standard InChI is InChI=1S/C17H21N3O4S/c1-3-24-15-8-4-13(5-9-15)19-12(2)17(21)20-14-6-10-16(11-7-14)25(18,22)23/h4-12,19H,3H2,1-2H3,(H,20,21)(H2,18,22,23)/t12-/m0/s1. The maximum Gasteiger partial charge on any atom is 0.246 e. The van der Waals surface area contributed by atoms with Crippen molar-refractivity contribution < 1.29 is 17.9 Å². The maximum absolute atomic E-state index is 12.2. The van der Waals surface area contributed by atoms with Crippen molar-refractivity contribution >= 4 is 27.3 Å². The van der Waals surface area contributed by atoms with Gasteiger partial charge in [-0.3, -0.25) is 4.79 Å². The Labute approximate surface area is 147 Å². The van der Waals surface area contributed by atoms with Gasteiger partial charge in [0, 0.05) is 11.4 Å². The molecule has 0 bridgehead atoms. The molecule has 0 aliphatic heterocycles. The average molecular weight is 363 g/mol. The topological polar surface area (TPSA) is 111 Å². The lowest BCUT2D eigenvalue weighted by molar-refractivity contribution is -0.116. The highest BCUT2D eigenvalue weighted by atomic mass is 32.2. The van der Waals surface area contributed by atoms with Crippen LogP contribution in [-0.2, 0) is 14.8 Å². The molecule has 0 heterocycles. The number of hydrogen-bond acceptors (Lipinski definition) is 5. The highest BCUT2D eigenvalue weighted by Gasteiger charge is 2.14. The first kappa shape index (κ1) is 18.8. The molecule has 0 aromatic heterocycles. The fraction of sp³-hybridized carbons (Fsp3) is 0.235. The molecule has 1 atom stereocenters. The number of nitrogens with one attached hydrogen (secondary N) is 2. The molecule has 0 unspecified atom stereocenters. The summed E-state index contributed by atoms with van der Waals surface area (Å²) in [4.78, 5) is 12.2. The number of amides is 1. The van der Waals surface area contributed by atoms with Crippen molar-refractivity contribution in [1.82, 2.24) is 0 Å². The number of anilines is 2. The molecule has 7 nitrogen and oxygen atoms in total. The normalized spacial score (nSPS) is 12.3. The van der Waals surface area contributed by atoms with Gasteiger partial charge in [0.05, 0.1) is 11.5 Å². The molecule has 8 heteroatoms. The molecule has 25 heavy (non-hydrogen) atoms. The van der Waals surface area contributed by atoms with Crippen molar-refractivity contribution in [1.29, 1.82) is 0 Å². The number of nitrogens with two attached hydrogens (primary N) is 1. The molecule has 0 saturated carbocycles. The third kappa shape index (κ3) is 5.47. The molecule has 0 aliphatic carbocycles. The number of primary sulfonamides is 1. The molecule has 0 fully saturated rings. The summed E-state index contributed by atoms with van der Waals surface area (Å²) in [7, 11) is -3.75. The fourth-order valence-corrected chi connectivity index (χ4v) is 2.62.